The number of esters is 1. The smallest absolute Gasteiger partial charge is 0.336 e. The molecular formula is C26H28O8S2. The van der Waals surface area contributed by atoms with E-state index in [1.54, 1.807) is 31.2 Å². The van der Waals surface area contributed by atoms with Crippen molar-refractivity contribution in [1.29, 1.82) is 0 Å². The number of ether oxygens (including phenoxy) is 1. The Morgan fingerprint density at radius 1 is 0.722 bits per heavy atom. The highest BCUT2D eigenvalue weighted by molar-refractivity contribution is 7.87. The lowest BCUT2D eigenvalue weighted by Crippen LogP contribution is -2.31. The fraction of sp³-hybridized carbons (Fsp3) is 0.269. The molecule has 3 aromatic rings. The van der Waals surface area contributed by atoms with E-state index in [2.05, 4.69) is 0 Å². The van der Waals surface area contributed by atoms with Crippen LogP contribution in [0.5, 0.6) is 0 Å². The zero-order chi connectivity index (χ0) is 26.2. The van der Waals surface area contributed by atoms with Crippen molar-refractivity contribution in [2.45, 2.75) is 42.6 Å². The SMILES string of the molecule is Cc1ccc(S(=O)(=O)OCCC(OS(=O)(=O)c2ccc(C)cc2)C(=O)OCCc2ccccc2)cc1. The normalized spacial score (nSPS) is 12.7. The van der Waals surface area contributed by atoms with Crippen LogP contribution in [0.3, 0.4) is 0 Å². The molecule has 0 saturated carbocycles. The number of aryl methyl sites for hydroxylation is 2. The Morgan fingerprint density at radius 2 is 1.25 bits per heavy atom. The van der Waals surface area contributed by atoms with Crippen molar-refractivity contribution in [3.63, 3.8) is 0 Å². The fourth-order valence-corrected chi connectivity index (χ4v) is 5.15. The molecule has 0 heterocycles. The third-order valence-corrected chi connectivity index (χ3v) is 7.88. The summed E-state index contributed by atoms with van der Waals surface area (Å²) in [6, 6.07) is 21.3. The fourth-order valence-electron chi connectivity index (χ4n) is 3.16. The van der Waals surface area contributed by atoms with Crippen molar-refractivity contribution in [1.82, 2.24) is 0 Å². The maximum absolute atomic E-state index is 12.8. The van der Waals surface area contributed by atoms with E-state index in [0.29, 0.717) is 6.42 Å². The molecule has 1 unspecified atom stereocenters. The van der Waals surface area contributed by atoms with Gasteiger partial charge < -0.3 is 4.74 Å². The predicted molar refractivity (Wildman–Crippen MR) is 133 cm³/mol. The summed E-state index contributed by atoms with van der Waals surface area (Å²) in [5, 5.41) is 0. The molecule has 36 heavy (non-hydrogen) atoms. The van der Waals surface area contributed by atoms with Gasteiger partial charge in [-0.25, -0.2) is 4.79 Å². The number of benzene rings is 3. The number of carbonyl (C=O) groups excluding carboxylic acids is 1. The predicted octanol–water partition coefficient (Wildman–Crippen LogP) is 3.96. The average Bonchev–Trinajstić information content (AvgIpc) is 2.84. The zero-order valence-corrected chi connectivity index (χ0v) is 21.6. The van der Waals surface area contributed by atoms with E-state index >= 15 is 0 Å². The van der Waals surface area contributed by atoms with E-state index in [-0.39, 0.29) is 22.8 Å². The third-order valence-electron chi connectivity index (χ3n) is 5.22. The molecule has 0 saturated heterocycles. The summed E-state index contributed by atoms with van der Waals surface area (Å²) >= 11 is 0. The minimum atomic E-state index is -4.33. The molecule has 0 bridgehead atoms. The van der Waals surface area contributed by atoms with Gasteiger partial charge in [0, 0.05) is 12.8 Å². The van der Waals surface area contributed by atoms with Crippen molar-refractivity contribution in [3.8, 4) is 0 Å². The second-order valence-corrected chi connectivity index (χ2v) is 11.3. The summed E-state index contributed by atoms with van der Waals surface area (Å²) in [5.74, 6) is -0.932. The standard InChI is InChI=1S/C26H28O8S2/c1-20-8-12-23(13-9-20)35(28,29)33-19-17-25(26(27)32-18-16-22-6-4-3-5-7-22)34-36(30,31)24-14-10-21(2)11-15-24/h3-15,25H,16-19H2,1-2H3. The molecule has 0 aliphatic rings. The summed E-state index contributed by atoms with van der Waals surface area (Å²) < 4.78 is 66.0. The molecule has 1 atom stereocenters. The summed E-state index contributed by atoms with van der Waals surface area (Å²) in [6.45, 7) is 3.13. The largest absolute Gasteiger partial charge is 0.463 e. The summed E-state index contributed by atoms with van der Waals surface area (Å²) in [5.41, 5.74) is 2.66. The minimum absolute atomic E-state index is 0.00416. The van der Waals surface area contributed by atoms with Crippen LogP contribution in [0.25, 0.3) is 0 Å². The summed E-state index contributed by atoms with van der Waals surface area (Å²) in [7, 11) is -8.44. The van der Waals surface area contributed by atoms with E-state index in [0.717, 1.165) is 16.7 Å². The Hall–Kier alpha value is -3.05. The molecule has 3 aromatic carbocycles. The molecule has 0 aliphatic heterocycles. The molecule has 3 rings (SSSR count). The first-order valence-corrected chi connectivity index (χ1v) is 14.0. The van der Waals surface area contributed by atoms with E-state index < -0.39 is 38.9 Å². The van der Waals surface area contributed by atoms with Crippen LogP contribution in [0, 0.1) is 13.8 Å². The molecule has 0 radical (unpaired) electrons. The van der Waals surface area contributed by atoms with Gasteiger partial charge in [-0.2, -0.15) is 16.8 Å². The zero-order valence-electron chi connectivity index (χ0n) is 20.0. The molecule has 0 spiro atoms. The first-order chi connectivity index (χ1) is 17.1. The number of carbonyl (C=O) groups is 1. The first-order valence-electron chi connectivity index (χ1n) is 11.2. The monoisotopic (exact) mass is 532 g/mol. The van der Waals surface area contributed by atoms with Gasteiger partial charge in [0.05, 0.1) is 23.0 Å². The molecule has 0 amide bonds. The van der Waals surface area contributed by atoms with Crippen molar-refractivity contribution >= 4 is 26.2 Å². The van der Waals surface area contributed by atoms with Gasteiger partial charge >= 0.3 is 5.97 Å². The van der Waals surface area contributed by atoms with Gasteiger partial charge in [-0.1, -0.05) is 65.7 Å². The molecule has 0 aromatic heterocycles. The topological polar surface area (TPSA) is 113 Å². The van der Waals surface area contributed by atoms with Gasteiger partial charge in [0.25, 0.3) is 20.2 Å². The Morgan fingerprint density at radius 3 is 1.81 bits per heavy atom. The quantitative estimate of drug-likeness (QED) is 0.254. The molecule has 0 fully saturated rings. The van der Waals surface area contributed by atoms with E-state index in [1.807, 2.05) is 37.3 Å². The number of rotatable bonds is 12. The van der Waals surface area contributed by atoms with Crippen LogP contribution in [-0.2, 0) is 44.6 Å². The van der Waals surface area contributed by atoms with Crippen LogP contribution in [0.1, 0.15) is 23.1 Å². The minimum Gasteiger partial charge on any atom is -0.463 e. The second-order valence-electron chi connectivity index (χ2n) is 8.13. The Balaban J connectivity index is 1.69. The highest BCUT2D eigenvalue weighted by Gasteiger charge is 2.30. The van der Waals surface area contributed by atoms with Crippen molar-refractivity contribution < 1.29 is 34.7 Å². The van der Waals surface area contributed by atoms with Crippen LogP contribution in [0.4, 0.5) is 0 Å². The van der Waals surface area contributed by atoms with Gasteiger partial charge in [-0.15, -0.1) is 0 Å². The van der Waals surface area contributed by atoms with Crippen molar-refractivity contribution in [3.05, 3.63) is 95.6 Å². The van der Waals surface area contributed by atoms with Crippen molar-refractivity contribution in [2.75, 3.05) is 13.2 Å². The molecule has 0 aliphatic carbocycles. The van der Waals surface area contributed by atoms with Crippen LogP contribution in [-0.4, -0.2) is 42.1 Å². The molecule has 8 nitrogen and oxygen atoms in total. The first kappa shape index (κ1) is 27.5. The van der Waals surface area contributed by atoms with E-state index in [4.69, 9.17) is 13.1 Å². The third kappa shape index (κ3) is 7.99. The molecule has 192 valence electrons. The van der Waals surface area contributed by atoms with E-state index in [9.17, 15) is 21.6 Å². The highest BCUT2D eigenvalue weighted by Crippen LogP contribution is 2.19. The number of hydrogen-bond acceptors (Lipinski definition) is 8. The summed E-state index contributed by atoms with van der Waals surface area (Å²) in [4.78, 5) is 12.6. The van der Waals surface area contributed by atoms with Crippen LogP contribution < -0.4 is 0 Å². The lowest BCUT2D eigenvalue weighted by molar-refractivity contribution is -0.152. The van der Waals surface area contributed by atoms with E-state index in [1.165, 1.54) is 24.3 Å². The van der Waals surface area contributed by atoms with Gasteiger partial charge in [0.2, 0.25) is 0 Å². The highest BCUT2D eigenvalue weighted by atomic mass is 32.2. The van der Waals surface area contributed by atoms with Gasteiger partial charge in [-0.05, 0) is 43.7 Å². The maximum atomic E-state index is 12.8. The van der Waals surface area contributed by atoms with Crippen LogP contribution in [0.15, 0.2) is 88.7 Å². The second kappa shape index (κ2) is 12.3. The Bertz CT molecular complexity index is 1350. The van der Waals surface area contributed by atoms with Crippen LogP contribution in [0.2, 0.25) is 0 Å². The maximum Gasteiger partial charge on any atom is 0.336 e. The summed E-state index contributed by atoms with van der Waals surface area (Å²) in [6.07, 6.45) is -1.54. The van der Waals surface area contributed by atoms with Crippen LogP contribution >= 0.6 is 0 Å². The lowest BCUT2D eigenvalue weighted by Gasteiger charge is -2.17. The average molecular weight is 533 g/mol. The molecular weight excluding hydrogens is 504 g/mol. The van der Waals surface area contributed by atoms with Gasteiger partial charge in [0.15, 0.2) is 6.10 Å². The lowest BCUT2D eigenvalue weighted by atomic mass is 10.2. The Kier molecular flexibility index (Phi) is 9.38. The molecule has 10 heteroatoms. The molecule has 0 N–H and O–H groups in total. The van der Waals surface area contributed by atoms with Gasteiger partial charge in [-0.3, -0.25) is 8.37 Å². The van der Waals surface area contributed by atoms with Gasteiger partial charge in [0.1, 0.15) is 0 Å². The number of hydrogen-bond donors (Lipinski definition) is 0. The van der Waals surface area contributed by atoms with Crippen molar-refractivity contribution in [2.24, 2.45) is 0 Å². The Labute approximate surface area is 212 Å².